The van der Waals surface area contributed by atoms with Crippen LogP contribution in [0, 0.1) is 5.41 Å². The Bertz CT molecular complexity index is 231. The lowest BCUT2D eigenvalue weighted by molar-refractivity contribution is -0.139. The summed E-state index contributed by atoms with van der Waals surface area (Å²) in [5, 5.41) is -0.277. The van der Waals surface area contributed by atoms with Crippen LogP contribution in [0.25, 0.3) is 0 Å². The topological polar surface area (TPSA) is 26.3 Å². The van der Waals surface area contributed by atoms with E-state index in [1.807, 2.05) is 0 Å². The zero-order chi connectivity index (χ0) is 11.9. The van der Waals surface area contributed by atoms with Gasteiger partial charge in [0.25, 0.3) is 0 Å². The lowest BCUT2D eigenvalue weighted by Crippen LogP contribution is -2.05. The van der Waals surface area contributed by atoms with Gasteiger partial charge in [0.1, 0.15) is 6.61 Å². The minimum Gasteiger partial charge on any atom is -0.462 e. The molecule has 0 aliphatic carbocycles. The maximum Gasteiger partial charge on any atom is 0.302 e. The number of hydrogen-bond acceptors (Lipinski definition) is 3. The van der Waals surface area contributed by atoms with Crippen molar-refractivity contribution < 1.29 is 13.9 Å². The van der Waals surface area contributed by atoms with E-state index >= 15 is 0 Å². The minimum absolute atomic E-state index is 0.0175. The Morgan fingerprint density at radius 3 is 2.53 bits per heavy atom. The van der Waals surface area contributed by atoms with Gasteiger partial charge in [0.2, 0.25) is 0 Å². The summed E-state index contributed by atoms with van der Waals surface area (Å²) in [6.45, 7) is 7.68. The van der Waals surface area contributed by atoms with E-state index in [0.717, 1.165) is 23.9 Å². The first-order valence-electron chi connectivity index (χ1n) is 4.93. The number of carbonyl (C=O) groups excluding carboxylic acids is 1. The lowest BCUT2D eigenvalue weighted by Gasteiger charge is -2.16. The van der Waals surface area contributed by atoms with Crippen molar-refractivity contribution in [3.05, 3.63) is 11.2 Å². The van der Waals surface area contributed by atoms with Gasteiger partial charge in [-0.2, -0.15) is 4.39 Å². The third kappa shape index (κ3) is 11.4. The monoisotopic (exact) mass is 234 g/mol. The quantitative estimate of drug-likeness (QED) is 0.681. The molecule has 0 aliphatic heterocycles. The molecule has 0 atom stereocenters. The Balaban J connectivity index is 3.64. The molecular weight excluding hydrogens is 215 g/mol. The van der Waals surface area contributed by atoms with E-state index in [1.54, 1.807) is 0 Å². The number of thioether (sulfide) groups is 1. The highest BCUT2D eigenvalue weighted by molar-refractivity contribution is 8.02. The zero-order valence-corrected chi connectivity index (χ0v) is 10.6. The summed E-state index contributed by atoms with van der Waals surface area (Å²) in [6.07, 6.45) is 2.24. The predicted molar refractivity (Wildman–Crippen MR) is 62.4 cm³/mol. The smallest absolute Gasteiger partial charge is 0.302 e. The molecule has 0 bridgehead atoms. The molecule has 0 rings (SSSR count). The van der Waals surface area contributed by atoms with Crippen LogP contribution >= 0.6 is 11.8 Å². The molecule has 0 spiro atoms. The van der Waals surface area contributed by atoms with E-state index in [0.29, 0.717) is 0 Å². The van der Waals surface area contributed by atoms with Crippen LogP contribution in [0.3, 0.4) is 0 Å². The van der Waals surface area contributed by atoms with Crippen molar-refractivity contribution in [1.82, 2.24) is 0 Å². The fraction of sp³-hybridized carbons (Fsp3) is 0.727. The molecule has 0 fully saturated rings. The summed E-state index contributed by atoms with van der Waals surface area (Å²) in [5.41, 5.74) is 0.225. The molecule has 0 aromatic carbocycles. The second kappa shape index (κ2) is 6.88. The van der Waals surface area contributed by atoms with Gasteiger partial charge in [0.05, 0.1) is 0 Å². The highest BCUT2D eigenvalue weighted by Crippen LogP contribution is 2.25. The van der Waals surface area contributed by atoms with E-state index in [1.165, 1.54) is 13.0 Å². The predicted octanol–water partition coefficient (Wildman–Crippen LogP) is 3.53. The van der Waals surface area contributed by atoms with Crippen LogP contribution in [0.2, 0.25) is 0 Å². The molecule has 0 heterocycles. The summed E-state index contributed by atoms with van der Waals surface area (Å²) in [4.78, 5) is 10.4. The SMILES string of the molecule is CC(=O)OCC=C(F)SCCC(C)(C)C. The molecule has 0 saturated heterocycles. The third-order valence-electron chi connectivity index (χ3n) is 1.62. The largest absolute Gasteiger partial charge is 0.462 e. The average Bonchev–Trinajstić information content (AvgIpc) is 2.00. The van der Waals surface area contributed by atoms with Crippen LogP contribution in [-0.2, 0) is 9.53 Å². The molecule has 4 heteroatoms. The molecule has 0 saturated carbocycles. The summed E-state index contributed by atoms with van der Waals surface area (Å²) in [6, 6.07) is 0. The Morgan fingerprint density at radius 2 is 2.07 bits per heavy atom. The van der Waals surface area contributed by atoms with Crippen molar-refractivity contribution in [2.24, 2.45) is 5.41 Å². The fourth-order valence-electron chi connectivity index (χ4n) is 0.738. The van der Waals surface area contributed by atoms with E-state index in [9.17, 15) is 9.18 Å². The standard InChI is InChI=1S/C11H19FO2S/c1-9(13)14-7-5-10(12)15-8-6-11(2,3)4/h5H,6-8H2,1-4H3. The van der Waals surface area contributed by atoms with Crippen LogP contribution < -0.4 is 0 Å². The maximum absolute atomic E-state index is 13.1. The Labute approximate surface area is 95.3 Å². The molecular formula is C11H19FO2S. The lowest BCUT2D eigenvalue weighted by atomic mass is 9.94. The molecule has 0 aromatic heterocycles. The van der Waals surface area contributed by atoms with Crippen molar-refractivity contribution in [3.63, 3.8) is 0 Å². The van der Waals surface area contributed by atoms with Gasteiger partial charge in [0, 0.05) is 12.7 Å². The van der Waals surface area contributed by atoms with Crippen LogP contribution in [0.4, 0.5) is 4.39 Å². The molecule has 0 N–H and O–H groups in total. The third-order valence-corrected chi connectivity index (χ3v) is 2.47. The first-order valence-corrected chi connectivity index (χ1v) is 5.91. The highest BCUT2D eigenvalue weighted by atomic mass is 32.2. The average molecular weight is 234 g/mol. The van der Waals surface area contributed by atoms with Gasteiger partial charge in [-0.25, -0.2) is 0 Å². The summed E-state index contributed by atoms with van der Waals surface area (Å²) in [7, 11) is 0. The van der Waals surface area contributed by atoms with Crippen molar-refractivity contribution >= 4 is 17.7 Å². The molecule has 0 aromatic rings. The number of ether oxygens (including phenoxy) is 1. The second-order valence-corrected chi connectivity index (χ2v) is 5.56. The molecule has 0 unspecified atom stereocenters. The van der Waals surface area contributed by atoms with Gasteiger partial charge in [-0.1, -0.05) is 32.5 Å². The molecule has 88 valence electrons. The Morgan fingerprint density at radius 1 is 1.47 bits per heavy atom. The summed E-state index contributed by atoms with van der Waals surface area (Å²) >= 11 is 1.16. The van der Waals surface area contributed by atoms with Crippen molar-refractivity contribution in [2.75, 3.05) is 12.4 Å². The molecule has 0 amide bonds. The molecule has 2 nitrogen and oxygen atoms in total. The molecule has 0 radical (unpaired) electrons. The van der Waals surface area contributed by atoms with Gasteiger partial charge >= 0.3 is 5.97 Å². The van der Waals surface area contributed by atoms with Crippen LogP contribution in [0.15, 0.2) is 11.2 Å². The first-order chi connectivity index (χ1) is 6.81. The van der Waals surface area contributed by atoms with Gasteiger partial charge in [-0.15, -0.1) is 0 Å². The van der Waals surface area contributed by atoms with Crippen molar-refractivity contribution in [3.8, 4) is 0 Å². The Kier molecular flexibility index (Phi) is 6.65. The molecule has 0 aliphatic rings. The number of halogens is 1. The van der Waals surface area contributed by atoms with Gasteiger partial charge in [0.15, 0.2) is 5.16 Å². The first kappa shape index (κ1) is 14.5. The van der Waals surface area contributed by atoms with Gasteiger partial charge < -0.3 is 4.74 Å². The minimum atomic E-state index is -0.390. The number of esters is 1. The second-order valence-electron chi connectivity index (χ2n) is 4.47. The van der Waals surface area contributed by atoms with Gasteiger partial charge in [-0.05, 0) is 17.9 Å². The molecule has 15 heavy (non-hydrogen) atoms. The van der Waals surface area contributed by atoms with E-state index in [4.69, 9.17) is 0 Å². The number of carbonyl (C=O) groups is 1. The maximum atomic E-state index is 13.1. The Hall–Kier alpha value is -0.510. The normalized spacial score (nSPS) is 12.7. The van der Waals surface area contributed by atoms with Crippen LogP contribution in [0.1, 0.15) is 34.1 Å². The van der Waals surface area contributed by atoms with E-state index < -0.39 is 5.97 Å². The van der Waals surface area contributed by atoms with E-state index in [-0.39, 0.29) is 17.2 Å². The number of hydrogen-bond donors (Lipinski definition) is 0. The zero-order valence-electron chi connectivity index (χ0n) is 9.80. The summed E-state index contributed by atoms with van der Waals surface area (Å²) < 4.78 is 17.7. The van der Waals surface area contributed by atoms with Crippen LogP contribution in [-0.4, -0.2) is 18.3 Å². The van der Waals surface area contributed by atoms with Crippen molar-refractivity contribution in [1.29, 1.82) is 0 Å². The van der Waals surface area contributed by atoms with Crippen molar-refractivity contribution in [2.45, 2.75) is 34.1 Å². The highest BCUT2D eigenvalue weighted by Gasteiger charge is 2.10. The fourth-order valence-corrected chi connectivity index (χ4v) is 1.83. The number of rotatable bonds is 5. The van der Waals surface area contributed by atoms with E-state index in [2.05, 4.69) is 25.5 Å². The van der Waals surface area contributed by atoms with Crippen LogP contribution in [0.5, 0.6) is 0 Å². The summed E-state index contributed by atoms with van der Waals surface area (Å²) in [5.74, 6) is 0.352. The van der Waals surface area contributed by atoms with Gasteiger partial charge in [-0.3, -0.25) is 4.79 Å².